The van der Waals surface area contributed by atoms with E-state index in [2.05, 4.69) is 25.2 Å². The van der Waals surface area contributed by atoms with Gasteiger partial charge in [-0.25, -0.2) is 9.97 Å². The van der Waals surface area contributed by atoms with Gasteiger partial charge in [0.1, 0.15) is 12.3 Å². The van der Waals surface area contributed by atoms with Gasteiger partial charge in [0.15, 0.2) is 0 Å². The number of anilines is 2. The molecule has 1 saturated heterocycles. The number of halogens is 2. The minimum absolute atomic E-state index is 0.262. The standard InChI is InChI=1S/C25H24Cl2N6O3/c1-32-23-16(13-18(24(32)34)22-19(26)3-2-4-20(22)27)14-29-25(31-23)30-17-5-6-21(28-15-17)36-12-9-33-7-10-35-11-8-33/h2-6,13-15H,7-12H2,1H3,(H,29,30,31). The van der Waals surface area contributed by atoms with E-state index < -0.39 is 0 Å². The Bertz CT molecular complexity index is 1420. The SMILES string of the molecule is Cn1c(=O)c(-c2c(Cl)cccc2Cl)cc2cnc(Nc3ccc(OCCN4CCOCC4)nc3)nc21. The van der Waals surface area contributed by atoms with Crippen LogP contribution < -0.4 is 15.6 Å². The fourth-order valence-electron chi connectivity index (χ4n) is 4.01. The van der Waals surface area contributed by atoms with Gasteiger partial charge in [0.25, 0.3) is 5.56 Å². The summed E-state index contributed by atoms with van der Waals surface area (Å²) in [7, 11) is 1.65. The van der Waals surface area contributed by atoms with Crippen LogP contribution in [0.3, 0.4) is 0 Å². The molecule has 36 heavy (non-hydrogen) atoms. The van der Waals surface area contributed by atoms with E-state index in [1.807, 2.05) is 6.07 Å². The van der Waals surface area contributed by atoms with Crippen molar-refractivity contribution in [2.24, 2.45) is 7.05 Å². The molecule has 0 spiro atoms. The van der Waals surface area contributed by atoms with E-state index in [0.29, 0.717) is 56.3 Å². The van der Waals surface area contributed by atoms with E-state index in [0.717, 1.165) is 32.8 Å². The topological polar surface area (TPSA) is 94.4 Å². The van der Waals surface area contributed by atoms with Crippen LogP contribution in [-0.2, 0) is 11.8 Å². The number of morpholine rings is 1. The second kappa shape index (κ2) is 10.8. The van der Waals surface area contributed by atoms with E-state index >= 15 is 0 Å². The quantitative estimate of drug-likeness (QED) is 0.383. The van der Waals surface area contributed by atoms with Gasteiger partial charge in [-0.1, -0.05) is 29.3 Å². The molecule has 0 aliphatic carbocycles. The molecule has 11 heteroatoms. The van der Waals surface area contributed by atoms with Gasteiger partial charge in [-0.15, -0.1) is 0 Å². The fourth-order valence-corrected chi connectivity index (χ4v) is 4.62. The van der Waals surface area contributed by atoms with Gasteiger partial charge < -0.3 is 14.8 Å². The molecule has 1 aromatic carbocycles. The molecule has 9 nitrogen and oxygen atoms in total. The number of ether oxygens (including phenoxy) is 2. The number of rotatable bonds is 7. The first-order valence-electron chi connectivity index (χ1n) is 11.5. The molecule has 0 unspecified atom stereocenters. The average molecular weight is 527 g/mol. The van der Waals surface area contributed by atoms with Crippen molar-refractivity contribution >= 4 is 45.9 Å². The van der Waals surface area contributed by atoms with Gasteiger partial charge in [0.05, 0.1) is 40.7 Å². The van der Waals surface area contributed by atoms with Crippen LogP contribution >= 0.6 is 23.2 Å². The molecule has 0 atom stereocenters. The summed E-state index contributed by atoms with van der Waals surface area (Å²) in [5.74, 6) is 0.880. The van der Waals surface area contributed by atoms with Crippen molar-refractivity contribution in [1.82, 2.24) is 24.4 Å². The number of hydrogen-bond acceptors (Lipinski definition) is 8. The summed E-state index contributed by atoms with van der Waals surface area (Å²) < 4.78 is 12.6. The predicted molar refractivity (Wildman–Crippen MR) is 141 cm³/mol. The highest BCUT2D eigenvalue weighted by molar-refractivity contribution is 6.39. The molecule has 4 aromatic rings. The first kappa shape index (κ1) is 24.5. The summed E-state index contributed by atoms with van der Waals surface area (Å²) in [4.78, 5) is 28.7. The Hall–Kier alpha value is -3.24. The van der Waals surface area contributed by atoms with E-state index in [4.69, 9.17) is 32.7 Å². The maximum absolute atomic E-state index is 13.1. The summed E-state index contributed by atoms with van der Waals surface area (Å²) in [5.41, 5.74) is 1.78. The molecule has 186 valence electrons. The molecule has 0 saturated carbocycles. The highest BCUT2D eigenvalue weighted by Gasteiger charge is 2.16. The Morgan fingerprint density at radius 2 is 1.86 bits per heavy atom. The lowest BCUT2D eigenvalue weighted by Crippen LogP contribution is -2.38. The Morgan fingerprint density at radius 3 is 2.58 bits per heavy atom. The van der Waals surface area contributed by atoms with Crippen LogP contribution in [0.4, 0.5) is 11.6 Å². The van der Waals surface area contributed by atoms with E-state index in [1.165, 1.54) is 4.57 Å². The molecule has 1 aliphatic rings. The van der Waals surface area contributed by atoms with Crippen molar-refractivity contribution in [3.63, 3.8) is 0 Å². The van der Waals surface area contributed by atoms with Crippen LogP contribution in [-0.4, -0.2) is 63.9 Å². The Kier molecular flexibility index (Phi) is 7.33. The maximum atomic E-state index is 13.1. The number of benzene rings is 1. The molecule has 1 aliphatic heterocycles. The third kappa shape index (κ3) is 5.29. The van der Waals surface area contributed by atoms with Crippen LogP contribution in [0, 0.1) is 0 Å². The number of fused-ring (bicyclic) bond motifs is 1. The average Bonchev–Trinajstić information content (AvgIpc) is 2.89. The van der Waals surface area contributed by atoms with Crippen molar-refractivity contribution in [3.05, 3.63) is 69.2 Å². The van der Waals surface area contributed by atoms with Gasteiger partial charge in [-0.05, 0) is 24.3 Å². The Balaban J connectivity index is 1.30. The van der Waals surface area contributed by atoms with Gasteiger partial charge in [0.2, 0.25) is 11.8 Å². The number of hydrogen-bond donors (Lipinski definition) is 1. The minimum atomic E-state index is -0.262. The monoisotopic (exact) mass is 526 g/mol. The van der Waals surface area contributed by atoms with Crippen molar-refractivity contribution in [1.29, 1.82) is 0 Å². The van der Waals surface area contributed by atoms with Gasteiger partial charge in [0, 0.05) is 49.9 Å². The third-order valence-electron chi connectivity index (χ3n) is 5.93. The number of aryl methyl sites for hydroxylation is 1. The summed E-state index contributed by atoms with van der Waals surface area (Å²) >= 11 is 12.7. The molecule has 3 aromatic heterocycles. The second-order valence-corrected chi connectivity index (χ2v) is 9.12. The number of nitrogens with zero attached hydrogens (tertiary/aromatic N) is 5. The summed E-state index contributed by atoms with van der Waals surface area (Å²) in [6.07, 6.45) is 3.30. The van der Waals surface area contributed by atoms with Crippen LogP contribution in [0.2, 0.25) is 10.0 Å². The highest BCUT2D eigenvalue weighted by atomic mass is 35.5. The van der Waals surface area contributed by atoms with Crippen LogP contribution in [0.25, 0.3) is 22.2 Å². The Labute approximate surface area is 217 Å². The van der Waals surface area contributed by atoms with E-state index in [-0.39, 0.29) is 5.56 Å². The van der Waals surface area contributed by atoms with E-state index in [9.17, 15) is 4.79 Å². The minimum Gasteiger partial charge on any atom is -0.476 e. The first-order valence-corrected chi connectivity index (χ1v) is 12.2. The zero-order valence-corrected chi connectivity index (χ0v) is 21.1. The van der Waals surface area contributed by atoms with Crippen LogP contribution in [0.1, 0.15) is 0 Å². The van der Waals surface area contributed by atoms with Crippen LogP contribution in [0.5, 0.6) is 5.88 Å². The summed E-state index contributed by atoms with van der Waals surface area (Å²) in [6, 6.07) is 10.5. The van der Waals surface area contributed by atoms with Crippen molar-refractivity contribution in [2.75, 3.05) is 44.8 Å². The number of pyridine rings is 2. The molecular formula is C25H24Cl2N6O3. The lowest BCUT2D eigenvalue weighted by molar-refractivity contribution is 0.0320. The zero-order chi connectivity index (χ0) is 25.1. The normalized spacial score (nSPS) is 14.2. The van der Waals surface area contributed by atoms with Crippen LogP contribution in [0.15, 0.2) is 53.6 Å². The third-order valence-corrected chi connectivity index (χ3v) is 6.56. The highest BCUT2D eigenvalue weighted by Crippen LogP contribution is 2.33. The van der Waals surface area contributed by atoms with Gasteiger partial charge in [-0.2, -0.15) is 4.98 Å². The molecule has 0 radical (unpaired) electrons. The van der Waals surface area contributed by atoms with Gasteiger partial charge in [-0.3, -0.25) is 14.3 Å². The molecule has 5 rings (SSSR count). The lowest BCUT2D eigenvalue weighted by atomic mass is 10.1. The molecular weight excluding hydrogens is 503 g/mol. The fraction of sp³-hybridized carbons (Fsp3) is 0.280. The molecule has 4 heterocycles. The summed E-state index contributed by atoms with van der Waals surface area (Å²) in [5, 5.41) is 4.60. The smallest absolute Gasteiger partial charge is 0.259 e. The molecule has 1 N–H and O–H groups in total. The Morgan fingerprint density at radius 1 is 1.08 bits per heavy atom. The number of aromatic nitrogens is 4. The van der Waals surface area contributed by atoms with Crippen molar-refractivity contribution in [2.45, 2.75) is 0 Å². The largest absolute Gasteiger partial charge is 0.476 e. The lowest BCUT2D eigenvalue weighted by Gasteiger charge is -2.26. The van der Waals surface area contributed by atoms with Crippen molar-refractivity contribution in [3.8, 4) is 17.0 Å². The summed E-state index contributed by atoms with van der Waals surface area (Å²) in [6.45, 7) is 4.77. The second-order valence-electron chi connectivity index (χ2n) is 8.30. The predicted octanol–water partition coefficient (Wildman–Crippen LogP) is 4.15. The van der Waals surface area contributed by atoms with Crippen molar-refractivity contribution < 1.29 is 9.47 Å². The zero-order valence-electron chi connectivity index (χ0n) is 19.6. The molecule has 0 amide bonds. The number of nitrogens with one attached hydrogen (secondary N) is 1. The first-order chi connectivity index (χ1) is 17.5. The van der Waals surface area contributed by atoms with Gasteiger partial charge >= 0.3 is 0 Å². The maximum Gasteiger partial charge on any atom is 0.259 e. The van der Waals surface area contributed by atoms with E-state index in [1.54, 1.807) is 49.8 Å². The molecule has 1 fully saturated rings. The molecule has 0 bridgehead atoms.